The Balaban J connectivity index is 2.10. The second kappa shape index (κ2) is 3.74. The average molecular weight is 222 g/mol. The summed E-state index contributed by atoms with van der Waals surface area (Å²) in [6, 6.07) is 1.58. The van der Waals surface area contributed by atoms with E-state index in [0.717, 1.165) is 5.69 Å². The topological polar surface area (TPSA) is 83.8 Å². The number of H-pyrrole nitrogens is 1. The van der Waals surface area contributed by atoms with Gasteiger partial charge in [-0.1, -0.05) is 0 Å². The Morgan fingerprint density at radius 1 is 1.67 bits per heavy atom. The molecule has 4 N–H and O–H groups in total. The third kappa shape index (κ3) is 2.16. The van der Waals surface area contributed by atoms with Gasteiger partial charge < -0.3 is 10.7 Å². The Labute approximate surface area is 90.3 Å². The summed E-state index contributed by atoms with van der Waals surface area (Å²) in [5.41, 5.74) is 7.35. The van der Waals surface area contributed by atoms with Gasteiger partial charge in [-0.3, -0.25) is 10.1 Å². The molecule has 5 nitrogen and oxygen atoms in total. The lowest BCUT2D eigenvalue weighted by Crippen LogP contribution is -2.11. The fourth-order valence-corrected chi connectivity index (χ4v) is 1.80. The summed E-state index contributed by atoms with van der Waals surface area (Å²) in [4.78, 5) is 18.5. The van der Waals surface area contributed by atoms with Crippen molar-refractivity contribution >= 4 is 28.1 Å². The number of aromatic nitrogens is 2. The maximum absolute atomic E-state index is 11.6. The molecule has 1 amide bonds. The van der Waals surface area contributed by atoms with Gasteiger partial charge in [-0.25, -0.2) is 4.98 Å². The molecule has 0 fully saturated rings. The van der Waals surface area contributed by atoms with Gasteiger partial charge >= 0.3 is 0 Å². The standard InChI is InChI=1S/C9H10N4OS/c1-5-4-15-9(12-5)13-8(14)7-2-6(10)3-11-7/h2-4,11H,10H2,1H3,(H,12,13,14). The number of hydrogen-bond donors (Lipinski definition) is 3. The van der Waals surface area contributed by atoms with E-state index in [4.69, 9.17) is 5.73 Å². The molecule has 0 aliphatic carbocycles. The molecule has 0 saturated heterocycles. The lowest BCUT2D eigenvalue weighted by molar-refractivity contribution is 0.102. The van der Waals surface area contributed by atoms with Crippen molar-refractivity contribution in [3.63, 3.8) is 0 Å². The van der Waals surface area contributed by atoms with Crippen LogP contribution in [0, 0.1) is 6.92 Å². The van der Waals surface area contributed by atoms with Crippen molar-refractivity contribution in [3.8, 4) is 0 Å². The van der Waals surface area contributed by atoms with Gasteiger partial charge in [0.15, 0.2) is 5.13 Å². The van der Waals surface area contributed by atoms with Crippen molar-refractivity contribution in [2.75, 3.05) is 11.1 Å². The molecule has 0 spiro atoms. The van der Waals surface area contributed by atoms with E-state index in [0.29, 0.717) is 16.5 Å². The number of rotatable bonds is 2. The maximum atomic E-state index is 11.6. The van der Waals surface area contributed by atoms with Crippen LogP contribution >= 0.6 is 11.3 Å². The van der Waals surface area contributed by atoms with Crippen LogP contribution in [0.3, 0.4) is 0 Å². The summed E-state index contributed by atoms with van der Waals surface area (Å²) < 4.78 is 0. The predicted octanol–water partition coefficient (Wildman–Crippen LogP) is 1.61. The molecule has 2 aromatic rings. The quantitative estimate of drug-likeness (QED) is 0.721. The van der Waals surface area contributed by atoms with E-state index in [1.807, 2.05) is 12.3 Å². The van der Waals surface area contributed by atoms with Crippen molar-refractivity contribution in [1.82, 2.24) is 9.97 Å². The highest BCUT2D eigenvalue weighted by molar-refractivity contribution is 7.13. The summed E-state index contributed by atoms with van der Waals surface area (Å²) in [6.45, 7) is 1.87. The number of aromatic amines is 1. The highest BCUT2D eigenvalue weighted by atomic mass is 32.1. The van der Waals surface area contributed by atoms with Crippen LogP contribution in [0.25, 0.3) is 0 Å². The number of aryl methyl sites for hydroxylation is 1. The number of nitrogens with zero attached hydrogens (tertiary/aromatic N) is 1. The molecule has 0 aliphatic heterocycles. The number of nitrogens with two attached hydrogens (primary N) is 1. The first kappa shape index (κ1) is 9.72. The minimum atomic E-state index is -0.235. The highest BCUT2D eigenvalue weighted by Gasteiger charge is 2.09. The van der Waals surface area contributed by atoms with Crippen molar-refractivity contribution in [1.29, 1.82) is 0 Å². The van der Waals surface area contributed by atoms with Gasteiger partial charge in [-0.2, -0.15) is 0 Å². The second-order valence-corrected chi connectivity index (χ2v) is 3.95. The summed E-state index contributed by atoms with van der Waals surface area (Å²) >= 11 is 1.39. The zero-order valence-electron chi connectivity index (χ0n) is 8.07. The Kier molecular flexibility index (Phi) is 2.42. The number of anilines is 2. The molecule has 0 aromatic carbocycles. The molecule has 2 heterocycles. The van der Waals surface area contributed by atoms with Crippen molar-refractivity contribution in [2.24, 2.45) is 0 Å². The van der Waals surface area contributed by atoms with E-state index in [1.54, 1.807) is 12.3 Å². The molecule has 2 aromatic heterocycles. The smallest absolute Gasteiger partial charge is 0.273 e. The first-order valence-electron chi connectivity index (χ1n) is 4.32. The van der Waals surface area contributed by atoms with E-state index in [-0.39, 0.29) is 5.91 Å². The normalized spacial score (nSPS) is 10.2. The van der Waals surface area contributed by atoms with Gasteiger partial charge in [-0.15, -0.1) is 11.3 Å². The lowest BCUT2D eigenvalue weighted by Gasteiger charge is -1.97. The molecule has 78 valence electrons. The first-order chi connectivity index (χ1) is 7.15. The van der Waals surface area contributed by atoms with Crippen LogP contribution in [0.4, 0.5) is 10.8 Å². The Morgan fingerprint density at radius 2 is 2.47 bits per heavy atom. The molecule has 2 rings (SSSR count). The number of thiazole rings is 1. The molecule has 0 aliphatic rings. The molecule has 15 heavy (non-hydrogen) atoms. The molecule has 6 heteroatoms. The van der Waals surface area contributed by atoms with Gasteiger partial charge in [0.05, 0.1) is 5.69 Å². The Bertz CT molecular complexity index is 488. The van der Waals surface area contributed by atoms with Gasteiger partial charge in [0.25, 0.3) is 5.91 Å². The molecule has 0 unspecified atom stereocenters. The van der Waals surface area contributed by atoms with Crippen LogP contribution in [0.5, 0.6) is 0 Å². The molecule has 0 saturated carbocycles. The predicted molar refractivity (Wildman–Crippen MR) is 60.0 cm³/mol. The summed E-state index contributed by atoms with van der Waals surface area (Å²) in [5, 5.41) is 5.14. The third-order valence-corrected chi connectivity index (χ3v) is 2.67. The van der Waals surface area contributed by atoms with Gasteiger partial charge in [0, 0.05) is 17.3 Å². The summed E-state index contributed by atoms with van der Waals surface area (Å²) in [5.74, 6) is -0.235. The Morgan fingerprint density at radius 3 is 3.00 bits per heavy atom. The molecule has 0 bridgehead atoms. The number of nitrogen functional groups attached to an aromatic ring is 1. The van der Waals surface area contributed by atoms with Crippen molar-refractivity contribution in [3.05, 3.63) is 29.0 Å². The fourth-order valence-electron chi connectivity index (χ4n) is 1.12. The van der Waals surface area contributed by atoms with Gasteiger partial charge in [0.1, 0.15) is 5.69 Å². The van der Waals surface area contributed by atoms with E-state index in [2.05, 4.69) is 15.3 Å². The number of carbonyl (C=O) groups is 1. The van der Waals surface area contributed by atoms with Crippen molar-refractivity contribution in [2.45, 2.75) is 6.92 Å². The number of hydrogen-bond acceptors (Lipinski definition) is 4. The lowest BCUT2D eigenvalue weighted by atomic mass is 10.4. The van der Waals surface area contributed by atoms with E-state index < -0.39 is 0 Å². The van der Waals surface area contributed by atoms with Crippen LogP contribution in [-0.4, -0.2) is 15.9 Å². The third-order valence-electron chi connectivity index (χ3n) is 1.79. The first-order valence-corrected chi connectivity index (χ1v) is 5.20. The monoisotopic (exact) mass is 222 g/mol. The van der Waals surface area contributed by atoms with Crippen molar-refractivity contribution < 1.29 is 4.79 Å². The maximum Gasteiger partial charge on any atom is 0.273 e. The van der Waals surface area contributed by atoms with Crippen LogP contribution in [-0.2, 0) is 0 Å². The Hall–Kier alpha value is -1.82. The SMILES string of the molecule is Cc1csc(NC(=O)c2cc(N)c[nH]2)n1. The largest absolute Gasteiger partial charge is 0.397 e. The minimum absolute atomic E-state index is 0.235. The van der Waals surface area contributed by atoms with Gasteiger partial charge in [-0.05, 0) is 13.0 Å². The average Bonchev–Trinajstić information content (AvgIpc) is 2.75. The second-order valence-electron chi connectivity index (χ2n) is 3.09. The zero-order chi connectivity index (χ0) is 10.8. The molecule has 0 radical (unpaired) electrons. The highest BCUT2D eigenvalue weighted by Crippen LogP contribution is 2.15. The molecule has 0 atom stereocenters. The van der Waals surface area contributed by atoms with E-state index >= 15 is 0 Å². The van der Waals surface area contributed by atoms with Gasteiger partial charge in [0.2, 0.25) is 0 Å². The zero-order valence-corrected chi connectivity index (χ0v) is 8.89. The van der Waals surface area contributed by atoms with E-state index in [9.17, 15) is 4.79 Å². The van der Waals surface area contributed by atoms with E-state index in [1.165, 1.54) is 11.3 Å². The minimum Gasteiger partial charge on any atom is -0.397 e. The van der Waals surface area contributed by atoms with Crippen LogP contribution in [0.2, 0.25) is 0 Å². The summed E-state index contributed by atoms with van der Waals surface area (Å²) in [6.07, 6.45) is 1.57. The molecular formula is C9H10N4OS. The fraction of sp³-hybridized carbons (Fsp3) is 0.111. The number of nitrogens with one attached hydrogen (secondary N) is 2. The summed E-state index contributed by atoms with van der Waals surface area (Å²) in [7, 11) is 0. The van der Waals surface area contributed by atoms with Crippen LogP contribution in [0.15, 0.2) is 17.6 Å². The van der Waals surface area contributed by atoms with Crippen LogP contribution < -0.4 is 11.1 Å². The number of carbonyl (C=O) groups excluding carboxylic acids is 1. The number of amides is 1. The molecular weight excluding hydrogens is 212 g/mol. The van der Waals surface area contributed by atoms with Crippen LogP contribution in [0.1, 0.15) is 16.2 Å².